The lowest BCUT2D eigenvalue weighted by Crippen LogP contribution is -2.17. The van der Waals surface area contributed by atoms with Crippen molar-refractivity contribution < 1.29 is 4.39 Å². The first kappa shape index (κ1) is 14.7. The molecule has 2 aromatic carbocycles. The third kappa shape index (κ3) is 3.67. The minimum Gasteiger partial charge on any atom is -0.313 e. The van der Waals surface area contributed by atoms with Crippen molar-refractivity contribution in [2.45, 2.75) is 32.7 Å². The van der Waals surface area contributed by atoms with Gasteiger partial charge < -0.3 is 5.32 Å². The smallest absolute Gasteiger partial charge is 0.126 e. The van der Waals surface area contributed by atoms with Crippen molar-refractivity contribution in [3.63, 3.8) is 0 Å². The van der Waals surface area contributed by atoms with Crippen LogP contribution < -0.4 is 5.32 Å². The fourth-order valence-electron chi connectivity index (χ4n) is 2.43. The van der Waals surface area contributed by atoms with E-state index in [0.717, 1.165) is 18.4 Å². The summed E-state index contributed by atoms with van der Waals surface area (Å²) in [7, 11) is 1.96. The summed E-state index contributed by atoms with van der Waals surface area (Å²) in [4.78, 5) is 0. The van der Waals surface area contributed by atoms with Crippen molar-refractivity contribution in [3.8, 4) is 0 Å². The molecule has 0 aliphatic rings. The van der Waals surface area contributed by atoms with Crippen LogP contribution in [0.5, 0.6) is 0 Å². The number of hydrogen-bond donors (Lipinski definition) is 1. The molecule has 0 spiro atoms. The van der Waals surface area contributed by atoms with Gasteiger partial charge in [0, 0.05) is 6.04 Å². The Kier molecular flexibility index (Phi) is 4.91. The van der Waals surface area contributed by atoms with Gasteiger partial charge in [-0.2, -0.15) is 0 Å². The van der Waals surface area contributed by atoms with E-state index in [-0.39, 0.29) is 11.9 Å². The first-order valence-corrected chi connectivity index (χ1v) is 7.09. The van der Waals surface area contributed by atoms with E-state index < -0.39 is 0 Å². The fraction of sp³-hybridized carbons (Fsp3) is 0.333. The van der Waals surface area contributed by atoms with Crippen LogP contribution in [0, 0.1) is 19.7 Å². The van der Waals surface area contributed by atoms with Gasteiger partial charge in [0.1, 0.15) is 5.82 Å². The van der Waals surface area contributed by atoms with Crippen molar-refractivity contribution in [3.05, 3.63) is 70.5 Å². The minimum absolute atomic E-state index is 0.137. The normalized spacial score (nSPS) is 12.4. The highest BCUT2D eigenvalue weighted by molar-refractivity contribution is 5.27. The van der Waals surface area contributed by atoms with Gasteiger partial charge in [0.25, 0.3) is 0 Å². The summed E-state index contributed by atoms with van der Waals surface area (Å²) in [5.41, 5.74) is 4.49. The maximum absolute atomic E-state index is 13.3. The lowest BCUT2D eigenvalue weighted by Gasteiger charge is -2.17. The van der Waals surface area contributed by atoms with Crippen LogP contribution >= 0.6 is 0 Å². The summed E-state index contributed by atoms with van der Waals surface area (Å²) in [5.74, 6) is -0.137. The molecule has 0 fully saturated rings. The molecule has 1 N–H and O–H groups in total. The Hall–Kier alpha value is -1.67. The van der Waals surface area contributed by atoms with Gasteiger partial charge in [0.2, 0.25) is 0 Å². The maximum Gasteiger partial charge on any atom is 0.126 e. The Morgan fingerprint density at radius 1 is 1.05 bits per heavy atom. The van der Waals surface area contributed by atoms with Crippen molar-refractivity contribution in [2.24, 2.45) is 0 Å². The number of halogens is 1. The fourth-order valence-corrected chi connectivity index (χ4v) is 2.43. The number of benzene rings is 2. The topological polar surface area (TPSA) is 12.0 Å². The minimum atomic E-state index is -0.137. The van der Waals surface area contributed by atoms with Gasteiger partial charge in [-0.3, -0.25) is 0 Å². The quantitative estimate of drug-likeness (QED) is 0.853. The predicted octanol–water partition coefficient (Wildman–Crippen LogP) is 4.34. The molecule has 1 atom stereocenters. The van der Waals surface area contributed by atoms with Crippen LogP contribution in [0.2, 0.25) is 0 Å². The summed E-state index contributed by atoms with van der Waals surface area (Å²) in [6.45, 7) is 3.91. The SMILES string of the molecule is CNC(CCc1ccc(C)cc1)c1ccc(F)c(C)c1. The van der Waals surface area contributed by atoms with E-state index in [1.54, 1.807) is 6.07 Å². The van der Waals surface area contributed by atoms with E-state index in [2.05, 4.69) is 36.5 Å². The van der Waals surface area contributed by atoms with Gasteiger partial charge in [-0.1, -0.05) is 42.0 Å². The van der Waals surface area contributed by atoms with Gasteiger partial charge in [0.15, 0.2) is 0 Å². The Labute approximate surface area is 120 Å². The van der Waals surface area contributed by atoms with E-state index in [9.17, 15) is 4.39 Å². The molecule has 0 amide bonds. The van der Waals surface area contributed by atoms with Gasteiger partial charge in [-0.25, -0.2) is 4.39 Å². The molecule has 0 heterocycles. The van der Waals surface area contributed by atoms with E-state index in [1.807, 2.05) is 26.1 Å². The number of hydrogen-bond acceptors (Lipinski definition) is 1. The summed E-state index contributed by atoms with van der Waals surface area (Å²) in [6.07, 6.45) is 2.02. The monoisotopic (exact) mass is 271 g/mol. The van der Waals surface area contributed by atoms with Crippen molar-refractivity contribution >= 4 is 0 Å². The number of nitrogens with one attached hydrogen (secondary N) is 1. The first-order chi connectivity index (χ1) is 9.60. The van der Waals surface area contributed by atoms with Crippen LogP contribution in [0.15, 0.2) is 42.5 Å². The molecular formula is C18H22FN. The highest BCUT2D eigenvalue weighted by Crippen LogP contribution is 2.21. The largest absolute Gasteiger partial charge is 0.313 e. The van der Waals surface area contributed by atoms with Gasteiger partial charge >= 0.3 is 0 Å². The van der Waals surface area contributed by atoms with Crippen LogP contribution in [-0.2, 0) is 6.42 Å². The van der Waals surface area contributed by atoms with Crippen LogP contribution in [0.4, 0.5) is 4.39 Å². The van der Waals surface area contributed by atoms with Gasteiger partial charge in [-0.15, -0.1) is 0 Å². The first-order valence-electron chi connectivity index (χ1n) is 7.09. The molecule has 1 nitrogen and oxygen atoms in total. The zero-order chi connectivity index (χ0) is 14.5. The van der Waals surface area contributed by atoms with Crippen molar-refractivity contribution in [2.75, 3.05) is 7.05 Å². The summed E-state index contributed by atoms with van der Waals surface area (Å²) >= 11 is 0. The predicted molar refractivity (Wildman–Crippen MR) is 82.4 cm³/mol. The Morgan fingerprint density at radius 3 is 2.35 bits per heavy atom. The molecule has 0 aromatic heterocycles. The highest BCUT2D eigenvalue weighted by Gasteiger charge is 2.10. The van der Waals surface area contributed by atoms with Crippen molar-refractivity contribution in [1.82, 2.24) is 5.32 Å². The van der Waals surface area contributed by atoms with E-state index in [1.165, 1.54) is 11.1 Å². The second kappa shape index (κ2) is 6.67. The molecular weight excluding hydrogens is 249 g/mol. The second-order valence-electron chi connectivity index (χ2n) is 5.37. The van der Waals surface area contributed by atoms with E-state index in [4.69, 9.17) is 0 Å². The number of aryl methyl sites for hydroxylation is 3. The van der Waals surface area contributed by atoms with Crippen molar-refractivity contribution in [1.29, 1.82) is 0 Å². The summed E-state index contributed by atoms with van der Waals surface area (Å²) < 4.78 is 13.3. The maximum atomic E-state index is 13.3. The van der Waals surface area contributed by atoms with Crippen LogP contribution in [-0.4, -0.2) is 7.05 Å². The molecule has 0 saturated heterocycles. The second-order valence-corrected chi connectivity index (χ2v) is 5.37. The molecule has 20 heavy (non-hydrogen) atoms. The average molecular weight is 271 g/mol. The standard InChI is InChI=1S/C18H22FN/c1-13-4-6-15(7-5-13)8-11-18(20-3)16-9-10-17(19)14(2)12-16/h4-7,9-10,12,18,20H,8,11H2,1-3H3. The highest BCUT2D eigenvalue weighted by atomic mass is 19.1. The number of rotatable bonds is 5. The Bertz CT molecular complexity index is 560. The molecule has 0 saturated carbocycles. The zero-order valence-electron chi connectivity index (χ0n) is 12.4. The third-order valence-electron chi connectivity index (χ3n) is 3.78. The molecule has 1 unspecified atom stereocenters. The molecule has 2 aromatic rings. The molecule has 2 rings (SSSR count). The van der Waals surface area contributed by atoms with Crippen LogP contribution in [0.3, 0.4) is 0 Å². The molecule has 0 aliphatic carbocycles. The lowest BCUT2D eigenvalue weighted by molar-refractivity contribution is 0.545. The van der Waals surface area contributed by atoms with Gasteiger partial charge in [0.05, 0.1) is 0 Å². The zero-order valence-corrected chi connectivity index (χ0v) is 12.4. The van der Waals surface area contributed by atoms with Crippen LogP contribution in [0.1, 0.15) is 34.7 Å². The summed E-state index contributed by atoms with van der Waals surface area (Å²) in [5, 5.41) is 3.32. The Morgan fingerprint density at radius 2 is 1.75 bits per heavy atom. The molecule has 2 heteroatoms. The molecule has 0 aliphatic heterocycles. The van der Waals surface area contributed by atoms with Crippen LogP contribution in [0.25, 0.3) is 0 Å². The third-order valence-corrected chi connectivity index (χ3v) is 3.78. The molecule has 0 bridgehead atoms. The lowest BCUT2D eigenvalue weighted by atomic mass is 9.97. The molecule has 0 radical (unpaired) electrons. The van der Waals surface area contributed by atoms with E-state index >= 15 is 0 Å². The Balaban J connectivity index is 2.05. The molecule has 106 valence electrons. The summed E-state index contributed by atoms with van der Waals surface area (Å²) in [6, 6.07) is 14.3. The van der Waals surface area contributed by atoms with E-state index in [0.29, 0.717) is 5.56 Å². The average Bonchev–Trinajstić information content (AvgIpc) is 2.45. The van der Waals surface area contributed by atoms with Gasteiger partial charge in [-0.05, 0) is 56.5 Å².